The van der Waals surface area contributed by atoms with Gasteiger partial charge in [0.1, 0.15) is 12.2 Å². The zero-order chi connectivity index (χ0) is 16.4. The number of hydrogen-bond donors (Lipinski definition) is 0. The highest BCUT2D eigenvalue weighted by atomic mass is 35.5. The van der Waals surface area contributed by atoms with Gasteiger partial charge in [0.2, 0.25) is 0 Å². The van der Waals surface area contributed by atoms with Crippen molar-refractivity contribution in [3.63, 3.8) is 0 Å². The number of quaternary nitrogens is 1. The van der Waals surface area contributed by atoms with Gasteiger partial charge < -0.3 is 4.48 Å². The summed E-state index contributed by atoms with van der Waals surface area (Å²) in [4.78, 5) is 0. The summed E-state index contributed by atoms with van der Waals surface area (Å²) >= 11 is 6.02. The predicted molar refractivity (Wildman–Crippen MR) is 95.7 cm³/mol. The molecule has 0 aliphatic heterocycles. The van der Waals surface area contributed by atoms with Gasteiger partial charge in [0.25, 0.3) is 0 Å². The Kier molecular flexibility index (Phi) is 4.24. The molecule has 0 saturated heterocycles. The number of aromatic nitrogens is 2. The average Bonchev–Trinajstić information content (AvgIpc) is 2.91. The van der Waals surface area contributed by atoms with E-state index in [1.165, 1.54) is 5.56 Å². The van der Waals surface area contributed by atoms with Gasteiger partial charge in [0.05, 0.1) is 32.4 Å². The van der Waals surface area contributed by atoms with Gasteiger partial charge in [-0.05, 0) is 24.3 Å². The Morgan fingerprint density at radius 2 is 1.61 bits per heavy atom. The number of para-hydroxylation sites is 1. The Morgan fingerprint density at radius 3 is 2.22 bits per heavy atom. The van der Waals surface area contributed by atoms with Crippen molar-refractivity contribution in [1.82, 2.24) is 9.78 Å². The second-order valence-corrected chi connectivity index (χ2v) is 7.17. The molecular weight excluding hydrogens is 306 g/mol. The number of benzene rings is 2. The molecule has 0 amide bonds. The monoisotopic (exact) mass is 326 g/mol. The molecule has 0 aliphatic rings. The summed E-state index contributed by atoms with van der Waals surface area (Å²) in [5, 5.41) is 5.57. The van der Waals surface area contributed by atoms with Crippen molar-refractivity contribution >= 4 is 11.6 Å². The van der Waals surface area contributed by atoms with Crippen LogP contribution in [0.5, 0.6) is 0 Å². The van der Waals surface area contributed by atoms with Crippen LogP contribution in [0.25, 0.3) is 16.9 Å². The van der Waals surface area contributed by atoms with E-state index in [9.17, 15) is 0 Å². The van der Waals surface area contributed by atoms with Gasteiger partial charge >= 0.3 is 0 Å². The fraction of sp³-hybridized carbons (Fsp3) is 0.211. The van der Waals surface area contributed by atoms with Crippen molar-refractivity contribution in [1.29, 1.82) is 0 Å². The molecule has 3 rings (SSSR count). The Bertz CT molecular complexity index is 784. The molecule has 118 valence electrons. The SMILES string of the molecule is C[N+](C)(C)Cc1cn(-c2ccccc2)nc1-c1ccc(Cl)cc1. The standard InChI is InChI=1S/C19H21ClN3/c1-23(2,3)14-16-13-22(18-7-5-4-6-8-18)21-19(16)15-9-11-17(20)12-10-15/h4-13H,14H2,1-3H3/q+1. The molecule has 0 N–H and O–H groups in total. The lowest BCUT2D eigenvalue weighted by atomic mass is 10.1. The summed E-state index contributed by atoms with van der Waals surface area (Å²) in [6, 6.07) is 18.1. The molecule has 0 unspecified atom stereocenters. The van der Waals surface area contributed by atoms with Crippen molar-refractivity contribution in [3.8, 4) is 16.9 Å². The first-order valence-corrected chi connectivity index (χ1v) is 8.00. The molecule has 0 spiro atoms. The molecule has 2 aromatic carbocycles. The average molecular weight is 327 g/mol. The molecule has 0 saturated carbocycles. The van der Waals surface area contributed by atoms with Crippen molar-refractivity contribution in [2.75, 3.05) is 21.1 Å². The third-order valence-corrected chi connectivity index (χ3v) is 3.83. The minimum absolute atomic E-state index is 0.740. The molecule has 0 bridgehead atoms. The smallest absolute Gasteiger partial charge is 0.107 e. The van der Waals surface area contributed by atoms with Gasteiger partial charge in [-0.3, -0.25) is 0 Å². The van der Waals surface area contributed by atoms with Gasteiger partial charge in [-0.1, -0.05) is 41.9 Å². The lowest BCUT2D eigenvalue weighted by Crippen LogP contribution is -2.33. The van der Waals surface area contributed by atoms with E-state index in [1.54, 1.807) is 0 Å². The molecule has 0 atom stereocenters. The minimum Gasteiger partial charge on any atom is -0.327 e. The Hall–Kier alpha value is -2.10. The molecule has 3 nitrogen and oxygen atoms in total. The maximum absolute atomic E-state index is 6.02. The van der Waals surface area contributed by atoms with E-state index in [0.717, 1.165) is 33.0 Å². The van der Waals surface area contributed by atoms with Gasteiger partial charge in [-0.25, -0.2) is 4.68 Å². The molecular formula is C19H21ClN3+. The summed E-state index contributed by atoms with van der Waals surface area (Å²) in [5.41, 5.74) is 4.39. The topological polar surface area (TPSA) is 17.8 Å². The Labute approximate surface area is 142 Å². The van der Waals surface area contributed by atoms with Crippen molar-refractivity contribution < 1.29 is 4.48 Å². The molecule has 23 heavy (non-hydrogen) atoms. The molecule has 1 heterocycles. The summed E-state index contributed by atoms with van der Waals surface area (Å²) in [6.07, 6.45) is 2.13. The highest BCUT2D eigenvalue weighted by molar-refractivity contribution is 6.30. The van der Waals surface area contributed by atoms with Crippen LogP contribution < -0.4 is 0 Å². The third-order valence-electron chi connectivity index (χ3n) is 3.57. The van der Waals surface area contributed by atoms with Crippen LogP contribution in [0.2, 0.25) is 5.02 Å². The number of hydrogen-bond acceptors (Lipinski definition) is 1. The van der Waals surface area contributed by atoms with E-state index >= 15 is 0 Å². The van der Waals surface area contributed by atoms with Crippen LogP contribution in [0.15, 0.2) is 60.8 Å². The summed E-state index contributed by atoms with van der Waals surface area (Å²) in [7, 11) is 6.56. The van der Waals surface area contributed by atoms with Gasteiger partial charge in [0.15, 0.2) is 0 Å². The predicted octanol–water partition coefficient (Wildman–Crippen LogP) is 4.40. The third kappa shape index (κ3) is 3.81. The van der Waals surface area contributed by atoms with Crippen molar-refractivity contribution in [2.45, 2.75) is 6.54 Å². The van der Waals surface area contributed by atoms with Gasteiger partial charge in [-0.15, -0.1) is 0 Å². The second kappa shape index (κ2) is 6.19. The molecule has 0 radical (unpaired) electrons. The fourth-order valence-electron chi connectivity index (χ4n) is 2.60. The lowest BCUT2D eigenvalue weighted by Gasteiger charge is -2.23. The highest BCUT2D eigenvalue weighted by Crippen LogP contribution is 2.26. The Morgan fingerprint density at radius 1 is 0.957 bits per heavy atom. The normalized spacial score (nSPS) is 11.7. The molecule has 4 heteroatoms. The number of rotatable bonds is 4. The van der Waals surface area contributed by atoms with E-state index in [-0.39, 0.29) is 0 Å². The summed E-state index contributed by atoms with van der Waals surface area (Å²) in [5.74, 6) is 0. The van der Waals surface area contributed by atoms with Gasteiger partial charge in [-0.2, -0.15) is 5.10 Å². The molecule has 0 aliphatic carbocycles. The van der Waals surface area contributed by atoms with E-state index in [4.69, 9.17) is 16.7 Å². The minimum atomic E-state index is 0.740. The molecule has 3 aromatic rings. The summed E-state index contributed by atoms with van der Waals surface area (Å²) < 4.78 is 2.80. The van der Waals surface area contributed by atoms with Crippen LogP contribution in [0.4, 0.5) is 0 Å². The van der Waals surface area contributed by atoms with E-state index < -0.39 is 0 Å². The van der Waals surface area contributed by atoms with E-state index in [1.807, 2.05) is 47.1 Å². The van der Waals surface area contributed by atoms with Crippen LogP contribution >= 0.6 is 11.6 Å². The van der Waals surface area contributed by atoms with E-state index in [2.05, 4.69) is 39.5 Å². The number of halogens is 1. The molecule has 1 aromatic heterocycles. The fourth-order valence-corrected chi connectivity index (χ4v) is 2.73. The van der Waals surface area contributed by atoms with Crippen LogP contribution in [0.3, 0.4) is 0 Å². The first kappa shape index (κ1) is 15.8. The van der Waals surface area contributed by atoms with Crippen LogP contribution in [-0.2, 0) is 6.54 Å². The largest absolute Gasteiger partial charge is 0.327 e. The zero-order valence-electron chi connectivity index (χ0n) is 13.7. The van der Waals surface area contributed by atoms with Crippen molar-refractivity contribution in [3.05, 3.63) is 71.4 Å². The summed E-state index contributed by atoms with van der Waals surface area (Å²) in [6.45, 7) is 0.908. The molecule has 0 fully saturated rings. The highest BCUT2D eigenvalue weighted by Gasteiger charge is 2.18. The van der Waals surface area contributed by atoms with Crippen LogP contribution in [0, 0.1) is 0 Å². The first-order chi connectivity index (χ1) is 10.9. The maximum Gasteiger partial charge on any atom is 0.107 e. The first-order valence-electron chi connectivity index (χ1n) is 7.63. The van der Waals surface area contributed by atoms with E-state index in [0.29, 0.717) is 0 Å². The van der Waals surface area contributed by atoms with Crippen molar-refractivity contribution in [2.24, 2.45) is 0 Å². The lowest BCUT2D eigenvalue weighted by molar-refractivity contribution is -0.883. The number of nitrogens with zero attached hydrogens (tertiary/aromatic N) is 3. The van der Waals surface area contributed by atoms with Crippen LogP contribution in [0.1, 0.15) is 5.56 Å². The Balaban J connectivity index is 2.09. The second-order valence-electron chi connectivity index (χ2n) is 6.74. The zero-order valence-corrected chi connectivity index (χ0v) is 14.5. The maximum atomic E-state index is 6.02. The quantitative estimate of drug-likeness (QED) is 0.650. The van der Waals surface area contributed by atoms with Crippen LogP contribution in [-0.4, -0.2) is 35.4 Å². The van der Waals surface area contributed by atoms with Gasteiger partial charge in [0, 0.05) is 16.8 Å².